The lowest BCUT2D eigenvalue weighted by molar-refractivity contribution is 0.252. The van der Waals surface area contributed by atoms with Crippen molar-refractivity contribution in [3.05, 3.63) is 83.7 Å². The van der Waals surface area contributed by atoms with E-state index in [0.717, 1.165) is 22.6 Å². The molecular formula is C22H25FN4O. The first-order chi connectivity index (χ1) is 13.5. The molecule has 0 bridgehead atoms. The fourth-order valence-corrected chi connectivity index (χ4v) is 3.09. The van der Waals surface area contributed by atoms with Gasteiger partial charge in [0.15, 0.2) is 0 Å². The molecule has 3 aromatic rings. The minimum atomic E-state index is -0.279. The molecule has 0 unspecified atom stereocenters. The highest BCUT2D eigenvalue weighted by atomic mass is 19.1. The first kappa shape index (κ1) is 19.6. The van der Waals surface area contributed by atoms with Crippen LogP contribution >= 0.6 is 0 Å². The van der Waals surface area contributed by atoms with Crippen LogP contribution in [0.1, 0.15) is 36.7 Å². The van der Waals surface area contributed by atoms with Gasteiger partial charge in [0, 0.05) is 37.1 Å². The van der Waals surface area contributed by atoms with Crippen molar-refractivity contribution in [1.82, 2.24) is 14.9 Å². The number of hydrogen-bond donors (Lipinski definition) is 2. The van der Waals surface area contributed by atoms with Crippen molar-refractivity contribution in [2.24, 2.45) is 0 Å². The maximum absolute atomic E-state index is 13.2. The Morgan fingerprint density at radius 3 is 2.71 bits per heavy atom. The van der Waals surface area contributed by atoms with Crippen LogP contribution in [-0.2, 0) is 13.0 Å². The summed E-state index contributed by atoms with van der Waals surface area (Å²) < 4.78 is 15.3. The van der Waals surface area contributed by atoms with Crippen molar-refractivity contribution in [1.29, 1.82) is 0 Å². The summed E-state index contributed by atoms with van der Waals surface area (Å²) in [6.45, 7) is 5.36. The summed E-state index contributed by atoms with van der Waals surface area (Å²) in [6.07, 6.45) is 4.35. The van der Waals surface area contributed by atoms with Gasteiger partial charge in [-0.05, 0) is 41.8 Å². The summed E-state index contributed by atoms with van der Waals surface area (Å²) in [6, 6.07) is 13.9. The molecule has 0 radical (unpaired) electrons. The Morgan fingerprint density at radius 1 is 1.14 bits per heavy atom. The van der Waals surface area contributed by atoms with Gasteiger partial charge in [0.25, 0.3) is 0 Å². The standard InChI is InChI=1S/C22H25FN4O/c1-16(2)21-24-11-12-27(21)15-18-6-4-8-20(14-18)26-22(28)25-10-9-17-5-3-7-19(23)13-17/h3-8,11-14,16H,9-10,15H2,1-2H3,(H2,25,26,28). The second-order valence-corrected chi connectivity index (χ2v) is 7.03. The monoisotopic (exact) mass is 380 g/mol. The van der Waals surface area contributed by atoms with Gasteiger partial charge in [0.05, 0.1) is 0 Å². The second kappa shape index (κ2) is 9.17. The van der Waals surface area contributed by atoms with Crippen molar-refractivity contribution >= 4 is 11.7 Å². The van der Waals surface area contributed by atoms with Gasteiger partial charge in [-0.15, -0.1) is 0 Å². The molecule has 0 aliphatic heterocycles. The number of halogens is 1. The topological polar surface area (TPSA) is 59.0 Å². The van der Waals surface area contributed by atoms with Crippen LogP contribution in [0.25, 0.3) is 0 Å². The third-order valence-corrected chi connectivity index (χ3v) is 4.39. The number of urea groups is 1. The molecule has 0 saturated carbocycles. The number of nitrogens with zero attached hydrogens (tertiary/aromatic N) is 2. The molecule has 0 fully saturated rings. The van der Waals surface area contributed by atoms with Crippen molar-refractivity contribution in [3.63, 3.8) is 0 Å². The third-order valence-electron chi connectivity index (χ3n) is 4.39. The molecule has 0 aliphatic carbocycles. The summed E-state index contributed by atoms with van der Waals surface area (Å²) in [4.78, 5) is 16.5. The summed E-state index contributed by atoms with van der Waals surface area (Å²) in [7, 11) is 0. The second-order valence-electron chi connectivity index (χ2n) is 7.03. The van der Waals surface area contributed by atoms with E-state index in [1.54, 1.807) is 6.07 Å². The highest BCUT2D eigenvalue weighted by Gasteiger charge is 2.08. The molecule has 28 heavy (non-hydrogen) atoms. The van der Waals surface area contributed by atoms with Crippen LogP contribution in [0.2, 0.25) is 0 Å². The lowest BCUT2D eigenvalue weighted by Gasteiger charge is -2.12. The molecule has 6 heteroatoms. The fourth-order valence-electron chi connectivity index (χ4n) is 3.09. The van der Waals surface area contributed by atoms with Gasteiger partial charge < -0.3 is 15.2 Å². The van der Waals surface area contributed by atoms with Gasteiger partial charge in [-0.25, -0.2) is 14.2 Å². The molecule has 0 spiro atoms. The van der Waals surface area contributed by atoms with Crippen molar-refractivity contribution in [3.8, 4) is 0 Å². The van der Waals surface area contributed by atoms with Crippen molar-refractivity contribution < 1.29 is 9.18 Å². The van der Waals surface area contributed by atoms with Crippen LogP contribution in [0.4, 0.5) is 14.9 Å². The molecule has 0 saturated heterocycles. The predicted octanol–water partition coefficient (Wildman–Crippen LogP) is 4.56. The summed E-state index contributed by atoms with van der Waals surface area (Å²) in [5.41, 5.74) is 2.66. The van der Waals surface area contributed by atoms with E-state index >= 15 is 0 Å². The van der Waals surface area contributed by atoms with E-state index in [0.29, 0.717) is 25.4 Å². The highest BCUT2D eigenvalue weighted by molar-refractivity contribution is 5.89. The van der Waals surface area contributed by atoms with E-state index in [-0.39, 0.29) is 11.8 Å². The number of anilines is 1. The molecule has 1 heterocycles. The Hall–Kier alpha value is -3.15. The quantitative estimate of drug-likeness (QED) is 0.631. The zero-order chi connectivity index (χ0) is 19.9. The summed E-state index contributed by atoms with van der Waals surface area (Å²) in [5, 5.41) is 5.65. The number of aromatic nitrogens is 2. The van der Waals surface area contributed by atoms with Gasteiger partial charge in [-0.3, -0.25) is 0 Å². The average Bonchev–Trinajstić information content (AvgIpc) is 3.10. The molecule has 146 valence electrons. The molecule has 0 atom stereocenters. The SMILES string of the molecule is CC(C)c1nccn1Cc1cccc(NC(=O)NCCc2cccc(F)c2)c1. The molecule has 2 N–H and O–H groups in total. The number of carbonyl (C=O) groups excluding carboxylic acids is 1. The summed E-state index contributed by atoms with van der Waals surface area (Å²) in [5.74, 6) is 1.12. The first-order valence-electron chi connectivity index (χ1n) is 9.40. The molecule has 5 nitrogen and oxygen atoms in total. The largest absolute Gasteiger partial charge is 0.338 e. The smallest absolute Gasteiger partial charge is 0.319 e. The average molecular weight is 380 g/mol. The number of rotatable bonds is 7. The van der Waals surface area contributed by atoms with Crippen LogP contribution in [-0.4, -0.2) is 22.1 Å². The molecule has 1 aromatic heterocycles. The van der Waals surface area contributed by atoms with E-state index in [9.17, 15) is 9.18 Å². The van der Waals surface area contributed by atoms with E-state index < -0.39 is 0 Å². The van der Waals surface area contributed by atoms with E-state index in [2.05, 4.69) is 34.0 Å². The number of nitrogens with one attached hydrogen (secondary N) is 2. The van der Waals surface area contributed by atoms with Gasteiger partial charge in [0.1, 0.15) is 11.6 Å². The van der Waals surface area contributed by atoms with Gasteiger partial charge in [0.2, 0.25) is 0 Å². The highest BCUT2D eigenvalue weighted by Crippen LogP contribution is 2.16. The Balaban J connectivity index is 1.53. The van der Waals surface area contributed by atoms with Crippen LogP contribution in [0.5, 0.6) is 0 Å². The summed E-state index contributed by atoms with van der Waals surface area (Å²) >= 11 is 0. The van der Waals surface area contributed by atoms with Gasteiger partial charge in [-0.1, -0.05) is 38.1 Å². The first-order valence-corrected chi connectivity index (χ1v) is 9.40. The third kappa shape index (κ3) is 5.42. The fraction of sp³-hybridized carbons (Fsp3) is 0.273. The minimum Gasteiger partial charge on any atom is -0.338 e. The van der Waals surface area contributed by atoms with Crippen LogP contribution < -0.4 is 10.6 Å². The lowest BCUT2D eigenvalue weighted by Crippen LogP contribution is -2.30. The van der Waals surface area contributed by atoms with Crippen molar-refractivity contribution in [2.75, 3.05) is 11.9 Å². The van der Waals surface area contributed by atoms with Crippen LogP contribution in [0.15, 0.2) is 60.9 Å². The molecule has 0 aliphatic rings. The Bertz CT molecular complexity index is 936. The normalized spacial score (nSPS) is 10.9. The molecule has 3 rings (SSSR count). The van der Waals surface area contributed by atoms with Crippen LogP contribution in [0.3, 0.4) is 0 Å². The number of amides is 2. The number of hydrogen-bond acceptors (Lipinski definition) is 2. The lowest BCUT2D eigenvalue weighted by atomic mass is 10.1. The van der Waals surface area contributed by atoms with Crippen LogP contribution in [0, 0.1) is 5.82 Å². The van der Waals surface area contributed by atoms with E-state index in [1.165, 1.54) is 12.1 Å². The predicted molar refractivity (Wildman–Crippen MR) is 109 cm³/mol. The maximum atomic E-state index is 13.2. The minimum absolute atomic E-state index is 0.266. The Labute approximate surface area is 164 Å². The molecular weight excluding hydrogens is 355 g/mol. The Morgan fingerprint density at radius 2 is 1.93 bits per heavy atom. The number of benzene rings is 2. The van der Waals surface area contributed by atoms with Crippen molar-refractivity contribution in [2.45, 2.75) is 32.7 Å². The van der Waals surface area contributed by atoms with Gasteiger partial charge >= 0.3 is 6.03 Å². The van der Waals surface area contributed by atoms with E-state index in [4.69, 9.17) is 0 Å². The zero-order valence-corrected chi connectivity index (χ0v) is 16.2. The van der Waals surface area contributed by atoms with Gasteiger partial charge in [-0.2, -0.15) is 0 Å². The maximum Gasteiger partial charge on any atom is 0.319 e. The zero-order valence-electron chi connectivity index (χ0n) is 16.2. The van der Waals surface area contributed by atoms with E-state index in [1.807, 2.05) is 42.7 Å². The molecule has 2 aromatic carbocycles. The Kier molecular flexibility index (Phi) is 6.42. The number of imidazole rings is 1. The number of carbonyl (C=O) groups is 1. The molecule has 2 amide bonds.